The highest BCUT2D eigenvalue weighted by atomic mass is 32.2. The van der Waals surface area contributed by atoms with Crippen molar-refractivity contribution in [1.29, 1.82) is 0 Å². The van der Waals surface area contributed by atoms with Crippen LogP contribution in [0.4, 0.5) is 0 Å². The summed E-state index contributed by atoms with van der Waals surface area (Å²) >= 11 is 1.63. The van der Waals surface area contributed by atoms with Gasteiger partial charge < -0.3 is 5.32 Å². The molecule has 1 atom stereocenters. The predicted molar refractivity (Wildman–Crippen MR) is 76.4 cm³/mol. The van der Waals surface area contributed by atoms with E-state index in [0.29, 0.717) is 18.7 Å². The average Bonchev–Trinajstić information content (AvgIpc) is 2.94. The number of nitrogens with zero attached hydrogens (tertiary/aromatic N) is 2. The maximum Gasteiger partial charge on any atom is 0.194 e. The zero-order valence-corrected chi connectivity index (χ0v) is 12.6. The summed E-state index contributed by atoms with van der Waals surface area (Å²) in [6.07, 6.45) is 0.714. The molecule has 5 nitrogen and oxygen atoms in total. The summed E-state index contributed by atoms with van der Waals surface area (Å²) in [7, 11) is -2.82. The Morgan fingerprint density at radius 3 is 3.00 bits per heavy atom. The Balaban J connectivity index is 1.79. The number of aromatic nitrogens is 2. The quantitative estimate of drug-likeness (QED) is 0.927. The minimum atomic E-state index is -2.82. The van der Waals surface area contributed by atoms with Gasteiger partial charge in [-0.1, -0.05) is 0 Å². The van der Waals surface area contributed by atoms with Crippen molar-refractivity contribution >= 4 is 26.1 Å². The summed E-state index contributed by atoms with van der Waals surface area (Å²) in [5, 5.41) is 5.44. The fourth-order valence-corrected chi connectivity index (χ4v) is 5.21. The molecule has 0 aromatic carbocycles. The van der Waals surface area contributed by atoms with Gasteiger partial charge in [0.2, 0.25) is 0 Å². The number of hydrogen-bond donors (Lipinski definition) is 1. The molecule has 1 aliphatic heterocycles. The second kappa shape index (κ2) is 4.57. The monoisotopic (exact) mass is 299 g/mol. The molecule has 3 rings (SSSR count). The normalized spacial score (nSPS) is 22.3. The Hall–Kier alpha value is -0.920. The van der Waals surface area contributed by atoms with Crippen LogP contribution in [0.25, 0.3) is 4.96 Å². The van der Waals surface area contributed by atoms with Crippen LogP contribution in [-0.2, 0) is 16.4 Å². The Kier molecular flexibility index (Phi) is 3.15. The molecule has 1 N–H and O–H groups in total. The molecule has 2 aromatic heterocycles. The molecule has 7 heteroatoms. The Bertz CT molecular complexity index is 715. The lowest BCUT2D eigenvalue weighted by molar-refractivity contribution is 0.545. The number of nitrogens with one attached hydrogen (secondary N) is 1. The van der Waals surface area contributed by atoms with E-state index in [4.69, 9.17) is 0 Å². The molecule has 1 fully saturated rings. The number of hydrogen-bond acceptors (Lipinski definition) is 5. The van der Waals surface area contributed by atoms with E-state index < -0.39 is 9.84 Å². The molecular weight excluding hydrogens is 282 g/mol. The Morgan fingerprint density at radius 2 is 2.32 bits per heavy atom. The second-order valence-corrected chi connectivity index (χ2v) is 8.19. The van der Waals surface area contributed by atoms with Crippen LogP contribution in [-0.4, -0.2) is 35.4 Å². The van der Waals surface area contributed by atoms with Gasteiger partial charge in [-0.3, -0.25) is 4.40 Å². The Labute approximate surface area is 116 Å². The van der Waals surface area contributed by atoms with E-state index in [2.05, 4.69) is 27.0 Å². The minimum absolute atomic E-state index is 0.0777. The SMILES string of the molecule is Cc1nc2scc(C)n2c1CNC1CCS(=O)(=O)C1. The van der Waals surface area contributed by atoms with Crippen molar-refractivity contribution in [3.8, 4) is 0 Å². The molecule has 0 bridgehead atoms. The molecule has 1 unspecified atom stereocenters. The summed E-state index contributed by atoms with van der Waals surface area (Å²) in [5.41, 5.74) is 3.33. The number of sulfone groups is 1. The molecule has 104 valence electrons. The first-order valence-corrected chi connectivity index (χ1v) is 9.02. The molecule has 19 heavy (non-hydrogen) atoms. The van der Waals surface area contributed by atoms with E-state index in [-0.39, 0.29) is 11.8 Å². The van der Waals surface area contributed by atoms with Gasteiger partial charge >= 0.3 is 0 Å². The van der Waals surface area contributed by atoms with Gasteiger partial charge in [0, 0.05) is 23.7 Å². The highest BCUT2D eigenvalue weighted by Crippen LogP contribution is 2.21. The van der Waals surface area contributed by atoms with Crippen molar-refractivity contribution in [2.24, 2.45) is 0 Å². The van der Waals surface area contributed by atoms with E-state index in [0.717, 1.165) is 16.3 Å². The number of fused-ring (bicyclic) bond motifs is 1. The van der Waals surface area contributed by atoms with Crippen LogP contribution >= 0.6 is 11.3 Å². The predicted octanol–water partition coefficient (Wildman–Crippen LogP) is 1.29. The van der Waals surface area contributed by atoms with E-state index in [1.165, 1.54) is 5.69 Å². The second-order valence-electron chi connectivity index (χ2n) is 5.12. The number of thiazole rings is 1. The molecule has 1 saturated heterocycles. The minimum Gasteiger partial charge on any atom is -0.307 e. The van der Waals surface area contributed by atoms with E-state index in [1.54, 1.807) is 11.3 Å². The van der Waals surface area contributed by atoms with Crippen LogP contribution in [0.3, 0.4) is 0 Å². The lowest BCUT2D eigenvalue weighted by atomic mass is 10.2. The van der Waals surface area contributed by atoms with Gasteiger partial charge in [0.1, 0.15) is 0 Å². The largest absolute Gasteiger partial charge is 0.307 e. The summed E-state index contributed by atoms with van der Waals surface area (Å²) in [5.74, 6) is 0.569. The zero-order chi connectivity index (χ0) is 13.6. The molecule has 0 amide bonds. The molecule has 0 aliphatic carbocycles. The number of aryl methyl sites for hydroxylation is 2. The van der Waals surface area contributed by atoms with Gasteiger partial charge in [0.25, 0.3) is 0 Å². The molecule has 3 heterocycles. The van der Waals surface area contributed by atoms with Crippen LogP contribution in [0.15, 0.2) is 5.38 Å². The van der Waals surface area contributed by atoms with Gasteiger partial charge in [0.05, 0.1) is 22.9 Å². The molecular formula is C12H17N3O2S2. The van der Waals surface area contributed by atoms with Crippen LogP contribution in [0.5, 0.6) is 0 Å². The number of imidazole rings is 1. The van der Waals surface area contributed by atoms with Crippen molar-refractivity contribution in [2.45, 2.75) is 32.9 Å². The maximum absolute atomic E-state index is 11.4. The third-order valence-corrected chi connectivity index (χ3v) is 6.33. The van der Waals surface area contributed by atoms with Crippen LogP contribution in [0, 0.1) is 13.8 Å². The van der Waals surface area contributed by atoms with Crippen molar-refractivity contribution in [2.75, 3.05) is 11.5 Å². The Morgan fingerprint density at radius 1 is 1.53 bits per heavy atom. The summed E-state index contributed by atoms with van der Waals surface area (Å²) in [4.78, 5) is 5.54. The van der Waals surface area contributed by atoms with E-state index >= 15 is 0 Å². The first-order chi connectivity index (χ1) is 8.96. The molecule has 1 aliphatic rings. The van der Waals surface area contributed by atoms with Gasteiger partial charge in [-0.05, 0) is 20.3 Å². The third-order valence-electron chi connectivity index (χ3n) is 3.62. The van der Waals surface area contributed by atoms with Gasteiger partial charge in [-0.2, -0.15) is 0 Å². The lowest BCUT2D eigenvalue weighted by Gasteiger charge is -2.11. The molecule has 0 spiro atoms. The molecule has 0 saturated carbocycles. The van der Waals surface area contributed by atoms with Gasteiger partial charge in [-0.15, -0.1) is 11.3 Å². The molecule has 0 radical (unpaired) electrons. The smallest absolute Gasteiger partial charge is 0.194 e. The van der Waals surface area contributed by atoms with Crippen molar-refractivity contribution in [3.05, 3.63) is 22.5 Å². The van der Waals surface area contributed by atoms with Crippen molar-refractivity contribution < 1.29 is 8.42 Å². The van der Waals surface area contributed by atoms with E-state index in [9.17, 15) is 8.42 Å². The highest BCUT2D eigenvalue weighted by Gasteiger charge is 2.27. The lowest BCUT2D eigenvalue weighted by Crippen LogP contribution is -2.30. The molecule has 2 aromatic rings. The highest BCUT2D eigenvalue weighted by molar-refractivity contribution is 7.91. The standard InChI is InChI=1S/C12H17N3O2S2/c1-8-6-18-12-14-9(2)11(15(8)12)5-13-10-3-4-19(16,17)7-10/h6,10,13H,3-5,7H2,1-2H3. The summed E-state index contributed by atoms with van der Waals surface area (Å²) in [6, 6.07) is 0.0777. The zero-order valence-electron chi connectivity index (χ0n) is 11.0. The van der Waals surface area contributed by atoms with E-state index in [1.807, 2.05) is 6.92 Å². The fraction of sp³-hybridized carbons (Fsp3) is 0.583. The number of rotatable bonds is 3. The van der Waals surface area contributed by atoms with Gasteiger partial charge in [0.15, 0.2) is 14.8 Å². The van der Waals surface area contributed by atoms with Gasteiger partial charge in [-0.25, -0.2) is 13.4 Å². The van der Waals surface area contributed by atoms with Crippen LogP contribution < -0.4 is 5.32 Å². The van der Waals surface area contributed by atoms with Crippen molar-refractivity contribution in [3.63, 3.8) is 0 Å². The first kappa shape index (κ1) is 13.1. The summed E-state index contributed by atoms with van der Waals surface area (Å²) < 4.78 is 25.0. The third kappa shape index (κ3) is 2.42. The van der Waals surface area contributed by atoms with Crippen LogP contribution in [0.1, 0.15) is 23.5 Å². The first-order valence-electron chi connectivity index (χ1n) is 6.32. The fourth-order valence-electron chi connectivity index (χ4n) is 2.57. The summed E-state index contributed by atoms with van der Waals surface area (Å²) in [6.45, 7) is 4.74. The topological polar surface area (TPSA) is 63.5 Å². The maximum atomic E-state index is 11.4. The van der Waals surface area contributed by atoms with Crippen LogP contribution in [0.2, 0.25) is 0 Å². The average molecular weight is 299 g/mol. The van der Waals surface area contributed by atoms with Crippen molar-refractivity contribution in [1.82, 2.24) is 14.7 Å².